The number of hydrogen-bond acceptors (Lipinski definition) is 11. The fraction of sp³-hybridized carbons (Fsp3) is 0.265. The summed E-state index contributed by atoms with van der Waals surface area (Å²) in [5.74, 6) is 1.06. The van der Waals surface area contributed by atoms with Gasteiger partial charge in [-0.25, -0.2) is 15.0 Å². The van der Waals surface area contributed by atoms with E-state index in [9.17, 15) is 4.79 Å². The molecule has 0 unspecified atom stereocenters. The van der Waals surface area contributed by atoms with Gasteiger partial charge in [-0.05, 0) is 62.3 Å². The zero-order chi connectivity index (χ0) is 31.9. The van der Waals surface area contributed by atoms with Gasteiger partial charge in [-0.2, -0.15) is 0 Å². The summed E-state index contributed by atoms with van der Waals surface area (Å²) >= 11 is 0. The first-order chi connectivity index (χ1) is 22.5. The molecule has 6 heterocycles. The Balaban J connectivity index is 0.000000238. The number of nitrogens with zero attached hydrogens (tertiary/aromatic N) is 7. The first-order valence-electron chi connectivity index (χ1n) is 15.1. The highest BCUT2D eigenvalue weighted by molar-refractivity contribution is 6.00. The van der Waals surface area contributed by atoms with Crippen LogP contribution in [0.4, 0.5) is 11.4 Å². The molecule has 1 aromatic carbocycles. The van der Waals surface area contributed by atoms with Crippen LogP contribution in [0.15, 0.2) is 79.3 Å². The number of piperidine rings is 1. The Morgan fingerprint density at radius 1 is 0.804 bits per heavy atom. The highest BCUT2D eigenvalue weighted by Gasteiger charge is 2.25. The summed E-state index contributed by atoms with van der Waals surface area (Å²) in [5.41, 5.74) is 12.7. The number of nitrogen functional groups attached to an aromatic ring is 1. The van der Waals surface area contributed by atoms with E-state index in [2.05, 4.69) is 35.1 Å². The Labute approximate surface area is 266 Å². The van der Waals surface area contributed by atoms with Crippen LogP contribution in [0.5, 0.6) is 11.8 Å². The Bertz CT molecular complexity index is 1980. The maximum Gasteiger partial charge on any atom is 0.227 e. The molecule has 0 radical (unpaired) electrons. The fourth-order valence-electron chi connectivity index (χ4n) is 5.41. The van der Waals surface area contributed by atoms with Crippen LogP contribution in [0, 0.1) is 5.92 Å². The molecule has 6 aromatic rings. The number of amides is 1. The number of carbonyl (C=O) groups excluding carboxylic acids is 1. The Morgan fingerprint density at radius 3 is 2.17 bits per heavy atom. The van der Waals surface area contributed by atoms with Gasteiger partial charge in [0.15, 0.2) is 0 Å². The molecule has 0 atom stereocenters. The normalized spacial score (nSPS) is 13.7. The molecule has 1 fully saturated rings. The van der Waals surface area contributed by atoms with Gasteiger partial charge in [0.1, 0.15) is 11.0 Å². The summed E-state index contributed by atoms with van der Waals surface area (Å²) in [4.78, 5) is 41.6. The van der Waals surface area contributed by atoms with Crippen LogP contribution in [-0.4, -0.2) is 74.6 Å². The number of carbonyl (C=O) groups is 1. The third kappa shape index (κ3) is 7.08. The highest BCUT2D eigenvalue weighted by Crippen LogP contribution is 2.25. The van der Waals surface area contributed by atoms with E-state index in [0.29, 0.717) is 34.2 Å². The molecule has 12 heteroatoms. The van der Waals surface area contributed by atoms with Crippen molar-refractivity contribution in [2.45, 2.75) is 19.3 Å². The number of aromatic nitrogens is 6. The molecule has 0 aliphatic carbocycles. The second-order valence-electron chi connectivity index (χ2n) is 10.9. The average Bonchev–Trinajstić information content (AvgIpc) is 3.11. The SMILES string of the molecule is COc1ccc2nccc(N)c2n1.COc1ccc2nccc(NC(=O)C3CCN(CCc4cnc5ccccc5n4)CC3)c2n1. The van der Waals surface area contributed by atoms with E-state index >= 15 is 0 Å². The van der Waals surface area contributed by atoms with Crippen LogP contribution in [-0.2, 0) is 11.2 Å². The monoisotopic (exact) mass is 617 g/mol. The molecule has 7 rings (SSSR count). The lowest BCUT2D eigenvalue weighted by Crippen LogP contribution is -2.39. The number of nitrogens with one attached hydrogen (secondary N) is 1. The zero-order valence-electron chi connectivity index (χ0n) is 25.8. The molecule has 0 saturated carbocycles. The van der Waals surface area contributed by atoms with Crippen LogP contribution in [0.3, 0.4) is 0 Å². The third-order valence-electron chi connectivity index (χ3n) is 7.97. The second kappa shape index (κ2) is 14.1. The van der Waals surface area contributed by atoms with E-state index in [1.807, 2.05) is 42.6 Å². The van der Waals surface area contributed by atoms with Crippen LogP contribution >= 0.6 is 0 Å². The summed E-state index contributed by atoms with van der Waals surface area (Å²) in [6.45, 7) is 2.70. The molecule has 1 saturated heterocycles. The van der Waals surface area contributed by atoms with Crippen molar-refractivity contribution < 1.29 is 14.3 Å². The zero-order valence-corrected chi connectivity index (χ0v) is 25.8. The third-order valence-corrected chi connectivity index (χ3v) is 7.97. The molecule has 0 spiro atoms. The number of likely N-dealkylation sites (tertiary alicyclic amines) is 1. The lowest BCUT2D eigenvalue weighted by molar-refractivity contribution is -0.121. The number of nitrogens with two attached hydrogens (primary N) is 1. The Hall–Kier alpha value is -5.49. The average molecular weight is 618 g/mol. The lowest BCUT2D eigenvalue weighted by atomic mass is 9.95. The van der Waals surface area contributed by atoms with Gasteiger partial charge in [-0.15, -0.1) is 0 Å². The van der Waals surface area contributed by atoms with Gasteiger partial charge in [0.25, 0.3) is 0 Å². The second-order valence-corrected chi connectivity index (χ2v) is 10.9. The van der Waals surface area contributed by atoms with Gasteiger partial charge in [0, 0.05) is 49.6 Å². The van der Waals surface area contributed by atoms with Crippen LogP contribution in [0.1, 0.15) is 18.5 Å². The van der Waals surface area contributed by atoms with Gasteiger partial charge in [0.05, 0.1) is 53.4 Å². The van der Waals surface area contributed by atoms with E-state index in [1.54, 1.807) is 50.9 Å². The van der Waals surface area contributed by atoms with Gasteiger partial charge in [-0.1, -0.05) is 12.1 Å². The molecular formula is C34H35N9O3. The van der Waals surface area contributed by atoms with Crippen molar-refractivity contribution in [1.29, 1.82) is 0 Å². The largest absolute Gasteiger partial charge is 0.481 e. The number of para-hydroxylation sites is 2. The van der Waals surface area contributed by atoms with Crippen molar-refractivity contribution in [2.24, 2.45) is 5.92 Å². The fourth-order valence-corrected chi connectivity index (χ4v) is 5.41. The van der Waals surface area contributed by atoms with Crippen LogP contribution in [0.25, 0.3) is 33.1 Å². The molecule has 5 aromatic heterocycles. The van der Waals surface area contributed by atoms with Crippen molar-refractivity contribution >= 4 is 50.4 Å². The number of methoxy groups -OCH3 is 2. The molecule has 1 amide bonds. The maximum atomic E-state index is 12.9. The number of anilines is 2. The van der Waals surface area contributed by atoms with E-state index in [4.69, 9.17) is 20.2 Å². The molecule has 234 valence electrons. The summed E-state index contributed by atoms with van der Waals surface area (Å²) in [5, 5.41) is 3.06. The molecule has 0 bridgehead atoms. The Morgan fingerprint density at radius 2 is 1.46 bits per heavy atom. The first kappa shape index (κ1) is 30.5. The predicted octanol–water partition coefficient (Wildman–Crippen LogP) is 4.70. The molecular weight excluding hydrogens is 582 g/mol. The Kier molecular flexibility index (Phi) is 9.35. The van der Waals surface area contributed by atoms with Gasteiger partial charge in [0.2, 0.25) is 17.7 Å². The summed E-state index contributed by atoms with van der Waals surface area (Å²) < 4.78 is 10.2. The van der Waals surface area contributed by atoms with E-state index < -0.39 is 0 Å². The number of fused-ring (bicyclic) bond motifs is 3. The van der Waals surface area contributed by atoms with Crippen LogP contribution < -0.4 is 20.5 Å². The number of ether oxygens (including phenoxy) is 2. The smallest absolute Gasteiger partial charge is 0.227 e. The van der Waals surface area contributed by atoms with E-state index in [1.165, 1.54) is 0 Å². The van der Waals surface area contributed by atoms with Crippen molar-refractivity contribution in [3.63, 3.8) is 0 Å². The van der Waals surface area contributed by atoms with E-state index in [-0.39, 0.29) is 11.8 Å². The quantitative estimate of drug-likeness (QED) is 0.256. The number of pyridine rings is 4. The summed E-state index contributed by atoms with van der Waals surface area (Å²) in [7, 11) is 3.14. The molecule has 12 nitrogen and oxygen atoms in total. The summed E-state index contributed by atoms with van der Waals surface area (Å²) in [6, 6.07) is 18.6. The molecule has 1 aliphatic heterocycles. The standard InChI is InChI=1S/C25H26N6O2.C9H9N3O/c1-33-23-7-6-21-24(30-23)22(8-12-26-21)29-25(32)17-9-13-31(14-10-17)15-11-18-16-27-19-4-2-3-5-20(19)28-18;1-13-8-3-2-7-9(12-8)6(10)4-5-11-7/h2-8,12,16-17H,9-11,13-15H2,1H3,(H,26,29,32);2-5H,1H3,(H2,10,11). The number of rotatable bonds is 7. The minimum Gasteiger partial charge on any atom is -0.481 e. The first-order valence-corrected chi connectivity index (χ1v) is 15.1. The van der Waals surface area contributed by atoms with Crippen molar-refractivity contribution in [2.75, 3.05) is 44.9 Å². The van der Waals surface area contributed by atoms with E-state index in [0.717, 1.165) is 66.7 Å². The van der Waals surface area contributed by atoms with Crippen molar-refractivity contribution in [3.8, 4) is 11.8 Å². The van der Waals surface area contributed by atoms with Crippen molar-refractivity contribution in [3.05, 3.63) is 84.9 Å². The minimum absolute atomic E-state index is 0.0180. The molecule has 46 heavy (non-hydrogen) atoms. The number of benzene rings is 1. The van der Waals surface area contributed by atoms with Gasteiger partial charge < -0.3 is 25.4 Å². The van der Waals surface area contributed by atoms with Gasteiger partial charge >= 0.3 is 0 Å². The predicted molar refractivity (Wildman–Crippen MR) is 178 cm³/mol. The van der Waals surface area contributed by atoms with Crippen LogP contribution in [0.2, 0.25) is 0 Å². The summed E-state index contributed by atoms with van der Waals surface area (Å²) in [6.07, 6.45) is 7.72. The topological polar surface area (TPSA) is 154 Å². The van der Waals surface area contributed by atoms with Crippen molar-refractivity contribution in [1.82, 2.24) is 34.8 Å². The minimum atomic E-state index is -0.0180. The number of hydrogen-bond donors (Lipinski definition) is 2. The maximum absolute atomic E-state index is 12.9. The molecule has 3 N–H and O–H groups in total. The molecule has 1 aliphatic rings. The van der Waals surface area contributed by atoms with Gasteiger partial charge in [-0.3, -0.25) is 19.7 Å². The lowest BCUT2D eigenvalue weighted by Gasteiger charge is -2.31. The highest BCUT2D eigenvalue weighted by atomic mass is 16.5.